The van der Waals surface area contributed by atoms with Crippen LogP contribution in [0.4, 0.5) is 15.8 Å². The molecule has 106 valence electrons. The molecule has 3 N–H and O–H groups in total. The van der Waals surface area contributed by atoms with Crippen LogP contribution in [0.5, 0.6) is 5.75 Å². The first-order chi connectivity index (χ1) is 9.42. The van der Waals surface area contributed by atoms with Gasteiger partial charge in [0.15, 0.2) is 0 Å². The topological polar surface area (TPSA) is 81.4 Å². The van der Waals surface area contributed by atoms with Gasteiger partial charge in [-0.05, 0) is 30.3 Å². The molecule has 0 bridgehead atoms. The fraction of sp³-hybridized carbons (Fsp3) is 0.0769. The summed E-state index contributed by atoms with van der Waals surface area (Å²) in [5.41, 5.74) is 5.49. The van der Waals surface area contributed by atoms with Gasteiger partial charge in [0.25, 0.3) is 10.0 Å². The van der Waals surface area contributed by atoms with Crippen LogP contribution in [0, 0.1) is 5.82 Å². The summed E-state index contributed by atoms with van der Waals surface area (Å²) in [5.74, 6) is -0.144. The average molecular weight is 296 g/mol. The Morgan fingerprint density at radius 2 is 1.95 bits per heavy atom. The zero-order valence-electron chi connectivity index (χ0n) is 10.6. The van der Waals surface area contributed by atoms with Gasteiger partial charge in [-0.25, -0.2) is 12.8 Å². The summed E-state index contributed by atoms with van der Waals surface area (Å²) in [4.78, 5) is -0.112. The molecule has 0 saturated carbocycles. The summed E-state index contributed by atoms with van der Waals surface area (Å²) in [6.45, 7) is 0. The Balaban J connectivity index is 2.32. The Hall–Kier alpha value is -2.28. The number of rotatable bonds is 4. The summed E-state index contributed by atoms with van der Waals surface area (Å²) >= 11 is 0. The zero-order chi connectivity index (χ0) is 14.8. The van der Waals surface area contributed by atoms with E-state index in [1.165, 1.54) is 13.2 Å². The Morgan fingerprint density at radius 3 is 2.60 bits per heavy atom. The zero-order valence-corrected chi connectivity index (χ0v) is 11.4. The molecular weight excluding hydrogens is 283 g/mol. The Bertz CT molecular complexity index is 732. The van der Waals surface area contributed by atoms with Crippen molar-refractivity contribution in [3.63, 3.8) is 0 Å². The third-order valence-corrected chi connectivity index (χ3v) is 3.98. The van der Waals surface area contributed by atoms with Crippen LogP contribution in [-0.2, 0) is 10.0 Å². The minimum atomic E-state index is -3.83. The minimum absolute atomic E-state index is 0.112. The van der Waals surface area contributed by atoms with Gasteiger partial charge in [-0.1, -0.05) is 6.07 Å². The summed E-state index contributed by atoms with van der Waals surface area (Å²) in [5, 5.41) is 0. The molecule has 0 unspecified atom stereocenters. The van der Waals surface area contributed by atoms with E-state index >= 15 is 0 Å². The highest BCUT2D eigenvalue weighted by Gasteiger charge is 2.16. The first-order valence-corrected chi connectivity index (χ1v) is 7.12. The van der Waals surface area contributed by atoms with E-state index in [0.717, 1.165) is 18.2 Å². The van der Waals surface area contributed by atoms with Gasteiger partial charge in [0, 0.05) is 6.07 Å². The van der Waals surface area contributed by atoms with Crippen LogP contribution in [0.15, 0.2) is 47.4 Å². The minimum Gasteiger partial charge on any atom is -0.497 e. The van der Waals surface area contributed by atoms with Gasteiger partial charge in [0.1, 0.15) is 11.6 Å². The maximum absolute atomic E-state index is 13.1. The van der Waals surface area contributed by atoms with Crippen molar-refractivity contribution in [2.45, 2.75) is 4.90 Å². The van der Waals surface area contributed by atoms with Crippen LogP contribution in [0.1, 0.15) is 0 Å². The number of halogens is 1. The molecule has 5 nitrogen and oxygen atoms in total. The van der Waals surface area contributed by atoms with Crippen molar-refractivity contribution in [3.8, 4) is 5.75 Å². The van der Waals surface area contributed by atoms with E-state index in [4.69, 9.17) is 10.5 Å². The molecule has 2 rings (SSSR count). The molecule has 0 aliphatic rings. The lowest BCUT2D eigenvalue weighted by Crippen LogP contribution is -2.13. The number of nitrogens with two attached hydrogens (primary N) is 1. The fourth-order valence-electron chi connectivity index (χ4n) is 1.59. The number of hydrogen-bond donors (Lipinski definition) is 2. The van der Waals surface area contributed by atoms with E-state index in [1.807, 2.05) is 0 Å². The van der Waals surface area contributed by atoms with Crippen LogP contribution in [0.3, 0.4) is 0 Å². The van der Waals surface area contributed by atoms with Crippen molar-refractivity contribution in [1.82, 2.24) is 0 Å². The van der Waals surface area contributed by atoms with Crippen molar-refractivity contribution < 1.29 is 17.5 Å². The molecule has 2 aromatic carbocycles. The number of hydrogen-bond acceptors (Lipinski definition) is 4. The molecule has 2 aromatic rings. The second-order valence-electron chi connectivity index (χ2n) is 4.02. The van der Waals surface area contributed by atoms with Gasteiger partial charge in [-0.3, -0.25) is 4.72 Å². The fourth-order valence-corrected chi connectivity index (χ4v) is 2.67. The van der Waals surface area contributed by atoms with Crippen molar-refractivity contribution in [3.05, 3.63) is 48.3 Å². The van der Waals surface area contributed by atoms with E-state index in [2.05, 4.69) is 4.72 Å². The molecule has 0 spiro atoms. The van der Waals surface area contributed by atoms with Gasteiger partial charge in [0.2, 0.25) is 0 Å². The first-order valence-electron chi connectivity index (χ1n) is 5.64. The van der Waals surface area contributed by atoms with Crippen molar-refractivity contribution >= 4 is 21.4 Å². The maximum Gasteiger partial charge on any atom is 0.261 e. The van der Waals surface area contributed by atoms with E-state index in [-0.39, 0.29) is 10.6 Å². The second kappa shape index (κ2) is 5.38. The lowest BCUT2D eigenvalue weighted by Gasteiger charge is -2.10. The molecular formula is C13H13FN2O3S. The van der Waals surface area contributed by atoms with Crippen molar-refractivity contribution in [1.29, 1.82) is 0 Å². The number of nitrogens with one attached hydrogen (secondary N) is 1. The van der Waals surface area contributed by atoms with Gasteiger partial charge in [-0.15, -0.1) is 0 Å². The smallest absolute Gasteiger partial charge is 0.261 e. The number of benzene rings is 2. The SMILES string of the molecule is COc1cccc(NS(=O)(=O)c2ccc(F)c(N)c2)c1. The summed E-state index contributed by atoms with van der Waals surface area (Å²) in [6, 6.07) is 9.67. The van der Waals surface area contributed by atoms with E-state index in [9.17, 15) is 12.8 Å². The normalized spacial score (nSPS) is 11.1. The van der Waals surface area contributed by atoms with E-state index < -0.39 is 15.8 Å². The number of anilines is 2. The molecule has 20 heavy (non-hydrogen) atoms. The summed E-state index contributed by atoms with van der Waals surface area (Å²) in [7, 11) is -2.35. The number of ether oxygens (including phenoxy) is 1. The number of methoxy groups -OCH3 is 1. The molecule has 0 aromatic heterocycles. The van der Waals surface area contributed by atoms with Crippen LogP contribution in [-0.4, -0.2) is 15.5 Å². The van der Waals surface area contributed by atoms with Crippen molar-refractivity contribution in [2.24, 2.45) is 0 Å². The summed E-state index contributed by atoms with van der Waals surface area (Å²) in [6.07, 6.45) is 0. The van der Waals surface area contributed by atoms with Gasteiger partial charge in [0.05, 0.1) is 23.4 Å². The number of sulfonamides is 1. The lowest BCUT2D eigenvalue weighted by molar-refractivity contribution is 0.415. The molecule has 0 heterocycles. The molecule has 0 radical (unpaired) electrons. The van der Waals surface area contributed by atoms with Gasteiger partial charge < -0.3 is 10.5 Å². The third kappa shape index (κ3) is 3.00. The number of nitrogen functional groups attached to an aromatic ring is 1. The molecule has 0 atom stereocenters. The predicted octanol–water partition coefficient (Wildman–Crippen LogP) is 2.22. The van der Waals surface area contributed by atoms with E-state index in [1.54, 1.807) is 18.2 Å². The molecule has 0 saturated heterocycles. The Labute approximate surface area is 116 Å². The first kappa shape index (κ1) is 14.1. The summed E-state index contributed by atoms with van der Waals surface area (Å²) < 4.78 is 44.7. The Morgan fingerprint density at radius 1 is 1.20 bits per heavy atom. The largest absolute Gasteiger partial charge is 0.497 e. The highest BCUT2D eigenvalue weighted by Crippen LogP contribution is 2.22. The molecule has 0 amide bonds. The standard InChI is InChI=1S/C13H13FN2O3S/c1-19-10-4-2-3-9(7-10)16-20(17,18)11-5-6-12(14)13(15)8-11/h2-8,16H,15H2,1H3. The van der Waals surface area contributed by atoms with Crippen LogP contribution >= 0.6 is 0 Å². The third-order valence-electron chi connectivity index (χ3n) is 2.60. The average Bonchev–Trinajstić information content (AvgIpc) is 2.41. The predicted molar refractivity (Wildman–Crippen MR) is 74.6 cm³/mol. The highest BCUT2D eigenvalue weighted by molar-refractivity contribution is 7.92. The Kier molecular flexibility index (Phi) is 3.80. The van der Waals surface area contributed by atoms with Crippen molar-refractivity contribution in [2.75, 3.05) is 17.6 Å². The second-order valence-corrected chi connectivity index (χ2v) is 5.70. The maximum atomic E-state index is 13.1. The molecule has 0 fully saturated rings. The van der Waals surface area contributed by atoms with Gasteiger partial charge >= 0.3 is 0 Å². The van der Waals surface area contributed by atoms with Gasteiger partial charge in [-0.2, -0.15) is 0 Å². The van der Waals surface area contributed by atoms with Crippen LogP contribution in [0.2, 0.25) is 0 Å². The van der Waals surface area contributed by atoms with Crippen LogP contribution < -0.4 is 15.2 Å². The van der Waals surface area contributed by atoms with Crippen LogP contribution in [0.25, 0.3) is 0 Å². The molecule has 0 aliphatic heterocycles. The molecule has 7 heteroatoms. The molecule has 0 aliphatic carbocycles. The van der Waals surface area contributed by atoms with E-state index in [0.29, 0.717) is 11.4 Å². The quantitative estimate of drug-likeness (QED) is 0.848. The highest BCUT2D eigenvalue weighted by atomic mass is 32.2. The lowest BCUT2D eigenvalue weighted by atomic mass is 10.3. The monoisotopic (exact) mass is 296 g/mol.